The Morgan fingerprint density at radius 1 is 1.08 bits per heavy atom. The van der Waals surface area contributed by atoms with Crippen molar-refractivity contribution in [2.24, 2.45) is 0 Å². The summed E-state index contributed by atoms with van der Waals surface area (Å²) in [6.07, 6.45) is 0. The molecule has 1 amide bonds. The normalized spacial score (nSPS) is 14.3. The summed E-state index contributed by atoms with van der Waals surface area (Å²) in [6, 6.07) is 11.1. The van der Waals surface area contributed by atoms with Gasteiger partial charge in [0, 0.05) is 11.9 Å². The fraction of sp³-hybridized carbons (Fsp3) is 0.211. The van der Waals surface area contributed by atoms with Crippen LogP contribution in [-0.2, 0) is 13.1 Å². The van der Waals surface area contributed by atoms with E-state index in [9.17, 15) is 4.79 Å². The highest BCUT2D eigenvalue weighted by atomic mass is 35.5. The van der Waals surface area contributed by atoms with Crippen molar-refractivity contribution in [3.8, 4) is 17.2 Å². The molecule has 132 valence electrons. The van der Waals surface area contributed by atoms with Gasteiger partial charge in [0.1, 0.15) is 18.1 Å². The van der Waals surface area contributed by atoms with Crippen LogP contribution in [0.4, 0.5) is 0 Å². The maximum atomic E-state index is 12.8. The van der Waals surface area contributed by atoms with E-state index in [-0.39, 0.29) is 12.7 Å². The number of aromatic nitrogens is 1. The fourth-order valence-electron chi connectivity index (χ4n) is 3.42. The number of benzene rings is 2. The zero-order valence-electron chi connectivity index (χ0n) is 13.8. The molecule has 1 aromatic heterocycles. The average molecular weight is 371 g/mol. The van der Waals surface area contributed by atoms with Crippen LogP contribution in [0.15, 0.2) is 36.4 Å². The molecule has 0 fully saturated rings. The Hall–Kier alpha value is -2.86. The molecule has 3 aromatic rings. The van der Waals surface area contributed by atoms with Crippen molar-refractivity contribution >= 4 is 28.4 Å². The van der Waals surface area contributed by atoms with Crippen LogP contribution in [0, 0.1) is 0 Å². The first-order valence-corrected chi connectivity index (χ1v) is 8.70. The summed E-state index contributed by atoms with van der Waals surface area (Å²) in [5, 5.41) is 4.40. The van der Waals surface area contributed by atoms with Crippen LogP contribution in [0.1, 0.15) is 16.1 Å². The van der Waals surface area contributed by atoms with Crippen LogP contribution in [0.3, 0.4) is 0 Å². The summed E-state index contributed by atoms with van der Waals surface area (Å²) < 4.78 is 18.3. The lowest BCUT2D eigenvalue weighted by Gasteiger charge is -2.19. The second-order valence-electron chi connectivity index (χ2n) is 6.21. The van der Waals surface area contributed by atoms with Crippen molar-refractivity contribution in [3.63, 3.8) is 0 Å². The summed E-state index contributed by atoms with van der Waals surface area (Å²) >= 11 is 6.30. The maximum Gasteiger partial charge on any atom is 0.268 e. The van der Waals surface area contributed by atoms with Crippen LogP contribution in [-0.4, -0.2) is 23.9 Å². The van der Waals surface area contributed by atoms with Gasteiger partial charge in [-0.15, -0.1) is 0 Å². The molecule has 2 aliphatic rings. The van der Waals surface area contributed by atoms with Crippen molar-refractivity contribution < 1.29 is 19.0 Å². The first-order chi connectivity index (χ1) is 12.7. The van der Waals surface area contributed by atoms with Crippen molar-refractivity contribution in [2.75, 3.05) is 13.4 Å². The van der Waals surface area contributed by atoms with Gasteiger partial charge in [-0.2, -0.15) is 0 Å². The van der Waals surface area contributed by atoms with Crippen LogP contribution in [0.25, 0.3) is 10.9 Å². The number of ether oxygens (including phenoxy) is 3. The highest BCUT2D eigenvalue weighted by molar-refractivity contribution is 6.36. The second-order valence-corrected chi connectivity index (χ2v) is 6.61. The average Bonchev–Trinajstić information content (AvgIpc) is 3.28. The number of nitrogens with one attached hydrogen (secondary N) is 1. The van der Waals surface area contributed by atoms with Crippen molar-refractivity contribution in [3.05, 3.63) is 52.7 Å². The van der Waals surface area contributed by atoms with Gasteiger partial charge in [-0.25, -0.2) is 0 Å². The molecule has 0 spiro atoms. The Labute approximate surface area is 154 Å². The molecule has 0 radical (unpaired) electrons. The fourth-order valence-corrected chi connectivity index (χ4v) is 3.63. The van der Waals surface area contributed by atoms with Gasteiger partial charge in [-0.1, -0.05) is 17.7 Å². The Morgan fingerprint density at radius 2 is 1.92 bits per heavy atom. The van der Waals surface area contributed by atoms with E-state index in [1.54, 1.807) is 6.07 Å². The minimum absolute atomic E-state index is 0.150. The van der Waals surface area contributed by atoms with E-state index in [1.165, 1.54) is 0 Å². The third kappa shape index (κ3) is 2.37. The molecule has 3 heterocycles. The minimum atomic E-state index is -0.150. The van der Waals surface area contributed by atoms with E-state index in [1.807, 2.05) is 34.9 Å². The monoisotopic (exact) mass is 370 g/mol. The number of carbonyl (C=O) groups excluding carboxylic acids is 1. The lowest BCUT2D eigenvalue weighted by Crippen LogP contribution is -2.27. The quantitative estimate of drug-likeness (QED) is 0.768. The Morgan fingerprint density at radius 3 is 2.85 bits per heavy atom. The van der Waals surface area contributed by atoms with Gasteiger partial charge in [0.2, 0.25) is 6.79 Å². The van der Waals surface area contributed by atoms with Crippen LogP contribution in [0.2, 0.25) is 5.02 Å². The standard InChI is InChI=1S/C19H15ClN2O4/c20-13-2-4-16-18-12(13)8-14(22(18)5-6-24-16)19(23)21-9-11-1-3-15-17(7-11)26-10-25-15/h1-4,7-8H,5-6,9-10H2,(H,21,23). The van der Waals surface area contributed by atoms with Crippen LogP contribution >= 0.6 is 11.6 Å². The number of hydrogen-bond acceptors (Lipinski definition) is 4. The van der Waals surface area contributed by atoms with Crippen LogP contribution < -0.4 is 19.5 Å². The molecule has 0 unspecified atom stereocenters. The summed E-state index contributed by atoms with van der Waals surface area (Å²) in [7, 11) is 0. The molecule has 0 bridgehead atoms. The summed E-state index contributed by atoms with van der Waals surface area (Å²) in [5.74, 6) is 2.03. The lowest BCUT2D eigenvalue weighted by molar-refractivity contribution is 0.0940. The first-order valence-electron chi connectivity index (χ1n) is 8.32. The number of carbonyl (C=O) groups is 1. The number of rotatable bonds is 3. The molecule has 26 heavy (non-hydrogen) atoms. The lowest BCUT2D eigenvalue weighted by atomic mass is 10.2. The topological polar surface area (TPSA) is 61.7 Å². The highest BCUT2D eigenvalue weighted by Gasteiger charge is 2.23. The summed E-state index contributed by atoms with van der Waals surface area (Å²) in [5.41, 5.74) is 2.40. The third-order valence-electron chi connectivity index (χ3n) is 4.66. The van der Waals surface area contributed by atoms with Crippen molar-refractivity contribution in [1.82, 2.24) is 9.88 Å². The molecule has 2 aromatic carbocycles. The van der Waals surface area contributed by atoms with Gasteiger partial charge >= 0.3 is 0 Å². The smallest absolute Gasteiger partial charge is 0.268 e. The summed E-state index contributed by atoms with van der Waals surface area (Å²) in [6.45, 7) is 1.77. The van der Waals surface area contributed by atoms with E-state index >= 15 is 0 Å². The van der Waals surface area contributed by atoms with Gasteiger partial charge < -0.3 is 24.1 Å². The first kappa shape index (κ1) is 15.4. The Balaban J connectivity index is 1.42. The van der Waals surface area contributed by atoms with Crippen molar-refractivity contribution in [2.45, 2.75) is 13.1 Å². The second kappa shape index (κ2) is 5.85. The van der Waals surface area contributed by atoms with Gasteiger partial charge in [0.15, 0.2) is 11.5 Å². The molecule has 1 N–H and O–H groups in total. The molecular formula is C19H15ClN2O4. The van der Waals surface area contributed by atoms with Gasteiger partial charge in [0.05, 0.1) is 17.1 Å². The van der Waals surface area contributed by atoms with E-state index in [2.05, 4.69) is 5.32 Å². The Kier molecular flexibility index (Phi) is 3.46. The molecule has 0 aliphatic carbocycles. The molecule has 0 atom stereocenters. The number of nitrogens with zero attached hydrogens (tertiary/aromatic N) is 1. The van der Waals surface area contributed by atoms with E-state index in [4.69, 9.17) is 25.8 Å². The minimum Gasteiger partial charge on any atom is -0.490 e. The molecule has 2 aliphatic heterocycles. The van der Waals surface area contributed by atoms with Gasteiger partial charge in [0.25, 0.3) is 5.91 Å². The molecule has 6 nitrogen and oxygen atoms in total. The van der Waals surface area contributed by atoms with E-state index in [0.29, 0.717) is 36.2 Å². The molecular weight excluding hydrogens is 356 g/mol. The SMILES string of the molecule is O=C(NCc1ccc2c(c1)OCO2)c1cc2c(Cl)ccc3c2n1CCO3. The van der Waals surface area contributed by atoms with Crippen molar-refractivity contribution in [1.29, 1.82) is 0 Å². The number of halogens is 1. The number of hydrogen-bond donors (Lipinski definition) is 1. The largest absolute Gasteiger partial charge is 0.490 e. The molecule has 0 saturated heterocycles. The van der Waals surface area contributed by atoms with E-state index < -0.39 is 0 Å². The Bertz CT molecular complexity index is 1040. The zero-order valence-corrected chi connectivity index (χ0v) is 14.5. The number of fused-ring (bicyclic) bond motifs is 1. The zero-order chi connectivity index (χ0) is 17.7. The highest BCUT2D eigenvalue weighted by Crippen LogP contribution is 2.36. The predicted octanol–water partition coefficient (Wildman–Crippen LogP) is 3.35. The predicted molar refractivity (Wildman–Crippen MR) is 96.2 cm³/mol. The maximum absolute atomic E-state index is 12.8. The molecule has 5 rings (SSSR count). The number of amides is 1. The molecule has 0 saturated carbocycles. The van der Waals surface area contributed by atoms with Crippen LogP contribution in [0.5, 0.6) is 17.2 Å². The molecule has 7 heteroatoms. The van der Waals surface area contributed by atoms with Gasteiger partial charge in [-0.3, -0.25) is 4.79 Å². The summed E-state index contributed by atoms with van der Waals surface area (Å²) in [4.78, 5) is 12.8. The van der Waals surface area contributed by atoms with E-state index in [0.717, 1.165) is 28.0 Å². The van der Waals surface area contributed by atoms with Gasteiger partial charge in [-0.05, 0) is 35.9 Å². The third-order valence-corrected chi connectivity index (χ3v) is 4.99.